The number of thiocarbonyl (C=S) groups is 1. The minimum atomic E-state index is 0.0490. The van der Waals surface area contributed by atoms with Gasteiger partial charge in [-0.05, 0) is 62.3 Å². The molecule has 1 heterocycles. The summed E-state index contributed by atoms with van der Waals surface area (Å²) < 4.78 is 5.85. The summed E-state index contributed by atoms with van der Waals surface area (Å²) in [5, 5.41) is 6.95. The van der Waals surface area contributed by atoms with Crippen LogP contribution in [0.2, 0.25) is 0 Å². The summed E-state index contributed by atoms with van der Waals surface area (Å²) in [7, 11) is 0. The standard InChI is InChI=1S/C21H25N3O2S/c1-15-7-3-4-10-19(15)26-14-16(2)22-21(27)23-17-8-5-9-18(13-17)24-12-6-11-20(24)25/h3-5,7-10,13,16H,6,11-12,14H2,1-2H3,(H2,22,23,27). The Morgan fingerprint density at radius 3 is 2.81 bits per heavy atom. The first-order valence-corrected chi connectivity index (χ1v) is 9.60. The van der Waals surface area contributed by atoms with Crippen LogP contribution < -0.4 is 20.3 Å². The Morgan fingerprint density at radius 1 is 1.26 bits per heavy atom. The summed E-state index contributed by atoms with van der Waals surface area (Å²) in [6.07, 6.45) is 1.53. The molecular weight excluding hydrogens is 358 g/mol. The van der Waals surface area contributed by atoms with Gasteiger partial charge in [0.05, 0.1) is 6.04 Å². The SMILES string of the molecule is Cc1ccccc1OCC(C)NC(=S)Nc1cccc(N2CCCC2=O)c1. The predicted molar refractivity (Wildman–Crippen MR) is 114 cm³/mol. The summed E-state index contributed by atoms with van der Waals surface area (Å²) in [6.45, 7) is 5.33. The van der Waals surface area contributed by atoms with Crippen molar-refractivity contribution in [1.29, 1.82) is 0 Å². The van der Waals surface area contributed by atoms with Crippen molar-refractivity contribution in [2.45, 2.75) is 32.7 Å². The number of nitrogens with zero attached hydrogens (tertiary/aromatic N) is 1. The molecule has 0 bridgehead atoms. The first kappa shape index (κ1) is 19.2. The zero-order valence-corrected chi connectivity index (χ0v) is 16.5. The van der Waals surface area contributed by atoms with Gasteiger partial charge in [0.2, 0.25) is 5.91 Å². The maximum absolute atomic E-state index is 11.9. The fourth-order valence-corrected chi connectivity index (χ4v) is 3.36. The topological polar surface area (TPSA) is 53.6 Å². The highest BCUT2D eigenvalue weighted by Gasteiger charge is 2.21. The van der Waals surface area contributed by atoms with Crippen LogP contribution in [0.1, 0.15) is 25.3 Å². The molecule has 1 unspecified atom stereocenters. The monoisotopic (exact) mass is 383 g/mol. The van der Waals surface area contributed by atoms with E-state index in [2.05, 4.69) is 10.6 Å². The number of para-hydroxylation sites is 1. The quantitative estimate of drug-likeness (QED) is 0.742. The van der Waals surface area contributed by atoms with Crippen molar-refractivity contribution < 1.29 is 9.53 Å². The molecule has 142 valence electrons. The van der Waals surface area contributed by atoms with Crippen LogP contribution in [-0.4, -0.2) is 30.2 Å². The first-order chi connectivity index (χ1) is 13.0. The maximum Gasteiger partial charge on any atom is 0.227 e. The van der Waals surface area contributed by atoms with Gasteiger partial charge in [-0.25, -0.2) is 0 Å². The second-order valence-electron chi connectivity index (χ2n) is 6.78. The molecule has 0 aliphatic carbocycles. The molecule has 0 radical (unpaired) electrons. The number of benzene rings is 2. The molecule has 1 saturated heterocycles. The Bertz CT molecular complexity index is 825. The number of carbonyl (C=O) groups excluding carboxylic acids is 1. The van der Waals surface area contributed by atoms with Crippen LogP contribution in [-0.2, 0) is 4.79 Å². The van der Waals surface area contributed by atoms with E-state index in [1.807, 2.05) is 67.3 Å². The summed E-state index contributed by atoms with van der Waals surface area (Å²) in [4.78, 5) is 13.7. The molecule has 6 heteroatoms. The Labute approximate surface area is 165 Å². The van der Waals surface area contributed by atoms with Crippen molar-refractivity contribution in [3.05, 3.63) is 54.1 Å². The van der Waals surface area contributed by atoms with E-state index in [0.29, 0.717) is 18.1 Å². The number of anilines is 2. The molecule has 2 aromatic rings. The fourth-order valence-electron chi connectivity index (χ4n) is 3.04. The number of amides is 1. The van der Waals surface area contributed by atoms with E-state index in [4.69, 9.17) is 17.0 Å². The fraction of sp³-hybridized carbons (Fsp3) is 0.333. The summed E-state index contributed by atoms with van der Waals surface area (Å²) in [6, 6.07) is 15.8. The predicted octanol–water partition coefficient (Wildman–Crippen LogP) is 3.88. The Morgan fingerprint density at radius 2 is 2.07 bits per heavy atom. The normalized spacial score (nSPS) is 14.7. The van der Waals surface area contributed by atoms with E-state index in [9.17, 15) is 4.79 Å². The third-order valence-electron chi connectivity index (χ3n) is 4.45. The molecule has 2 aromatic carbocycles. The van der Waals surface area contributed by atoms with E-state index in [1.54, 1.807) is 0 Å². The van der Waals surface area contributed by atoms with Crippen LogP contribution >= 0.6 is 12.2 Å². The molecule has 0 saturated carbocycles. The zero-order chi connectivity index (χ0) is 19.2. The molecule has 27 heavy (non-hydrogen) atoms. The van der Waals surface area contributed by atoms with Gasteiger partial charge >= 0.3 is 0 Å². The van der Waals surface area contributed by atoms with Gasteiger partial charge in [0.15, 0.2) is 5.11 Å². The lowest BCUT2D eigenvalue weighted by Gasteiger charge is -2.20. The van der Waals surface area contributed by atoms with Crippen molar-refractivity contribution in [2.24, 2.45) is 0 Å². The molecule has 0 aromatic heterocycles. The number of rotatable bonds is 6. The molecule has 2 N–H and O–H groups in total. The zero-order valence-electron chi connectivity index (χ0n) is 15.7. The molecule has 1 fully saturated rings. The van der Waals surface area contributed by atoms with E-state index in [1.165, 1.54) is 0 Å². The van der Waals surface area contributed by atoms with E-state index < -0.39 is 0 Å². The molecule has 1 aliphatic rings. The van der Waals surface area contributed by atoms with Crippen molar-refractivity contribution in [3.63, 3.8) is 0 Å². The van der Waals surface area contributed by atoms with Gasteiger partial charge < -0.3 is 20.3 Å². The van der Waals surface area contributed by atoms with Gasteiger partial charge in [0.1, 0.15) is 12.4 Å². The van der Waals surface area contributed by atoms with Crippen LogP contribution in [0.15, 0.2) is 48.5 Å². The largest absolute Gasteiger partial charge is 0.491 e. The maximum atomic E-state index is 11.9. The molecule has 1 amide bonds. The van der Waals surface area contributed by atoms with Crippen LogP contribution in [0.5, 0.6) is 5.75 Å². The van der Waals surface area contributed by atoms with Gasteiger partial charge in [-0.3, -0.25) is 4.79 Å². The highest BCUT2D eigenvalue weighted by atomic mass is 32.1. The van der Waals surface area contributed by atoms with Crippen molar-refractivity contribution in [1.82, 2.24) is 5.32 Å². The van der Waals surface area contributed by atoms with Crippen molar-refractivity contribution in [3.8, 4) is 5.75 Å². The van der Waals surface area contributed by atoms with Crippen LogP contribution in [0.3, 0.4) is 0 Å². The number of nitrogens with one attached hydrogen (secondary N) is 2. The smallest absolute Gasteiger partial charge is 0.227 e. The van der Waals surface area contributed by atoms with Crippen LogP contribution in [0.4, 0.5) is 11.4 Å². The molecular formula is C21H25N3O2S. The lowest BCUT2D eigenvalue weighted by Crippen LogP contribution is -2.39. The van der Waals surface area contributed by atoms with Gasteiger partial charge in [-0.1, -0.05) is 24.3 Å². The second-order valence-corrected chi connectivity index (χ2v) is 7.18. The first-order valence-electron chi connectivity index (χ1n) is 9.19. The highest BCUT2D eigenvalue weighted by molar-refractivity contribution is 7.80. The lowest BCUT2D eigenvalue weighted by atomic mass is 10.2. The minimum absolute atomic E-state index is 0.0490. The number of hydrogen-bond acceptors (Lipinski definition) is 3. The van der Waals surface area contributed by atoms with E-state index in [-0.39, 0.29) is 11.9 Å². The summed E-state index contributed by atoms with van der Waals surface area (Å²) in [5.41, 5.74) is 2.87. The number of aryl methyl sites for hydroxylation is 1. The average Bonchev–Trinajstić information content (AvgIpc) is 3.07. The van der Waals surface area contributed by atoms with Crippen molar-refractivity contribution in [2.75, 3.05) is 23.4 Å². The molecule has 0 spiro atoms. The molecule has 1 atom stereocenters. The van der Waals surface area contributed by atoms with Crippen LogP contribution in [0, 0.1) is 6.92 Å². The Kier molecular flexibility index (Phi) is 6.29. The third-order valence-corrected chi connectivity index (χ3v) is 4.67. The Hall–Kier alpha value is -2.60. The van der Waals surface area contributed by atoms with Crippen molar-refractivity contribution >= 4 is 34.6 Å². The van der Waals surface area contributed by atoms with Gasteiger partial charge in [-0.2, -0.15) is 0 Å². The van der Waals surface area contributed by atoms with Gasteiger partial charge in [0, 0.05) is 24.3 Å². The van der Waals surface area contributed by atoms with E-state index in [0.717, 1.165) is 35.7 Å². The molecule has 5 nitrogen and oxygen atoms in total. The van der Waals surface area contributed by atoms with Gasteiger partial charge in [0.25, 0.3) is 0 Å². The number of carbonyl (C=O) groups is 1. The number of ether oxygens (including phenoxy) is 1. The van der Waals surface area contributed by atoms with Gasteiger partial charge in [-0.15, -0.1) is 0 Å². The lowest BCUT2D eigenvalue weighted by molar-refractivity contribution is -0.117. The molecule has 3 rings (SSSR count). The van der Waals surface area contributed by atoms with E-state index >= 15 is 0 Å². The minimum Gasteiger partial charge on any atom is -0.491 e. The summed E-state index contributed by atoms with van der Waals surface area (Å²) in [5.74, 6) is 1.06. The second kappa shape index (κ2) is 8.86. The highest BCUT2D eigenvalue weighted by Crippen LogP contribution is 2.24. The number of hydrogen-bond donors (Lipinski definition) is 2. The third kappa shape index (κ3) is 5.20. The van der Waals surface area contributed by atoms with Crippen LogP contribution in [0.25, 0.3) is 0 Å². The molecule has 1 aliphatic heterocycles. The average molecular weight is 384 g/mol. The Balaban J connectivity index is 1.51. The summed E-state index contributed by atoms with van der Waals surface area (Å²) >= 11 is 5.41.